The third-order valence-corrected chi connectivity index (χ3v) is 5.47. The number of rotatable bonds is 9. The fourth-order valence-electron chi connectivity index (χ4n) is 3.90. The maximum absolute atomic E-state index is 13.4. The van der Waals surface area contributed by atoms with Gasteiger partial charge in [-0.3, -0.25) is 4.99 Å². The predicted octanol–water partition coefficient (Wildman–Crippen LogP) is 4.51. The minimum Gasteiger partial charge on any atom is -0.491 e. The molecule has 2 atom stereocenters. The van der Waals surface area contributed by atoms with Gasteiger partial charge in [-0.1, -0.05) is 7.43 Å². The highest BCUT2D eigenvalue weighted by Gasteiger charge is 2.39. The Morgan fingerprint density at radius 2 is 2.06 bits per heavy atom. The van der Waals surface area contributed by atoms with Gasteiger partial charge in [-0.25, -0.2) is 23.4 Å². The van der Waals surface area contributed by atoms with Gasteiger partial charge in [-0.2, -0.15) is 18.3 Å². The van der Waals surface area contributed by atoms with Crippen molar-refractivity contribution in [2.75, 3.05) is 38.3 Å². The third kappa shape index (κ3) is 6.86. The Balaban J connectivity index is 0.00000432. The molecule has 0 aliphatic carbocycles. The number of hydrogen-bond acceptors (Lipinski definition) is 7. The summed E-state index contributed by atoms with van der Waals surface area (Å²) in [5.41, 5.74) is -0.423. The van der Waals surface area contributed by atoms with Gasteiger partial charge in [-0.15, -0.1) is 0 Å². The number of allylic oxidation sites excluding steroid dienone is 2. The SMILES string of the molecule is C.C/C=C(/OCC1CN(c2cnc3cnn(CC(F)F)c3n2)CCC1OC)C(=NCC)C(F)(F)F. The zero-order chi connectivity index (χ0) is 24.9. The van der Waals surface area contributed by atoms with E-state index in [9.17, 15) is 22.0 Å². The number of halogens is 5. The van der Waals surface area contributed by atoms with E-state index in [0.717, 1.165) is 4.68 Å². The molecule has 1 aliphatic heterocycles. The number of ether oxygens (including phenoxy) is 2. The van der Waals surface area contributed by atoms with Crippen LogP contribution in [0.1, 0.15) is 27.7 Å². The van der Waals surface area contributed by atoms with Gasteiger partial charge >= 0.3 is 6.18 Å². The first kappa shape index (κ1) is 28.4. The van der Waals surface area contributed by atoms with Crippen LogP contribution in [-0.4, -0.2) is 77.5 Å². The summed E-state index contributed by atoms with van der Waals surface area (Å²) in [6.45, 7) is 3.22. The molecule has 2 aromatic rings. The minimum atomic E-state index is -4.64. The molecule has 2 unspecified atom stereocenters. The average Bonchev–Trinajstić information content (AvgIpc) is 3.19. The van der Waals surface area contributed by atoms with Gasteiger partial charge in [0, 0.05) is 32.7 Å². The molecule has 2 aromatic heterocycles. The van der Waals surface area contributed by atoms with Crippen LogP contribution in [0, 0.1) is 5.92 Å². The molecule has 0 N–H and O–H groups in total. The van der Waals surface area contributed by atoms with Gasteiger partial charge in [0.05, 0.1) is 25.1 Å². The molecule has 1 fully saturated rings. The van der Waals surface area contributed by atoms with Gasteiger partial charge < -0.3 is 14.4 Å². The normalized spacial score (nSPS) is 19.9. The summed E-state index contributed by atoms with van der Waals surface area (Å²) in [7, 11) is 1.54. The van der Waals surface area contributed by atoms with Gasteiger partial charge in [0.2, 0.25) is 0 Å². The Morgan fingerprint density at radius 1 is 1.31 bits per heavy atom. The molecule has 0 spiro atoms. The van der Waals surface area contributed by atoms with Crippen molar-refractivity contribution in [3.8, 4) is 0 Å². The number of anilines is 1. The maximum atomic E-state index is 13.4. The molecule has 196 valence electrons. The lowest BCUT2D eigenvalue weighted by atomic mass is 9.95. The highest BCUT2D eigenvalue weighted by molar-refractivity contribution is 6.02. The number of piperidine rings is 1. The Kier molecular flexibility index (Phi) is 9.92. The summed E-state index contributed by atoms with van der Waals surface area (Å²) in [6.07, 6.45) is -2.76. The fourth-order valence-corrected chi connectivity index (χ4v) is 3.90. The van der Waals surface area contributed by atoms with Crippen molar-refractivity contribution in [2.24, 2.45) is 10.9 Å². The summed E-state index contributed by atoms with van der Waals surface area (Å²) in [5.74, 6) is -0.162. The second-order valence-corrected chi connectivity index (χ2v) is 7.71. The Labute approximate surface area is 200 Å². The standard InChI is InChI=1S/C21H27F5N6O2.CH4/c1-4-15(19(27-5-2)21(24,25)26)34-12-13-10-31(7-6-16(13)33-3)18-9-28-14-8-29-32(11-17(22)23)20(14)30-18;/h4,8-9,13,16-17H,5-7,10-12H2,1-3H3;1H4/b15-4+,27-19?;. The number of alkyl halides is 5. The fraction of sp³-hybridized carbons (Fsp3) is 0.636. The smallest absolute Gasteiger partial charge is 0.436 e. The highest BCUT2D eigenvalue weighted by atomic mass is 19.4. The Morgan fingerprint density at radius 3 is 2.66 bits per heavy atom. The van der Waals surface area contributed by atoms with E-state index in [2.05, 4.69) is 20.1 Å². The number of methoxy groups -OCH3 is 1. The summed E-state index contributed by atoms with van der Waals surface area (Å²) in [4.78, 5) is 14.2. The largest absolute Gasteiger partial charge is 0.491 e. The van der Waals surface area contributed by atoms with Crippen molar-refractivity contribution < 1.29 is 31.4 Å². The zero-order valence-electron chi connectivity index (χ0n) is 19.1. The Hall–Kier alpha value is -2.83. The van der Waals surface area contributed by atoms with Crippen LogP contribution in [0.4, 0.5) is 27.8 Å². The lowest BCUT2D eigenvalue weighted by Crippen LogP contribution is -2.46. The molecule has 0 amide bonds. The van der Waals surface area contributed by atoms with Crippen LogP contribution in [0.25, 0.3) is 11.2 Å². The van der Waals surface area contributed by atoms with Crippen molar-refractivity contribution in [3.63, 3.8) is 0 Å². The van der Waals surface area contributed by atoms with Crippen molar-refractivity contribution in [1.29, 1.82) is 0 Å². The molecule has 0 saturated carbocycles. The van der Waals surface area contributed by atoms with Crippen LogP contribution < -0.4 is 4.90 Å². The van der Waals surface area contributed by atoms with Crippen LogP contribution >= 0.6 is 0 Å². The molecule has 3 heterocycles. The molecular formula is C22H31F5N6O2. The van der Waals surface area contributed by atoms with Crippen LogP contribution in [0.15, 0.2) is 29.2 Å². The minimum absolute atomic E-state index is 0. The van der Waals surface area contributed by atoms with E-state index in [4.69, 9.17) is 9.47 Å². The van der Waals surface area contributed by atoms with Crippen molar-refractivity contribution in [1.82, 2.24) is 19.7 Å². The maximum Gasteiger partial charge on any atom is 0.436 e. The van der Waals surface area contributed by atoms with Crippen LogP contribution in [0.5, 0.6) is 0 Å². The van der Waals surface area contributed by atoms with Gasteiger partial charge in [0.15, 0.2) is 11.4 Å². The van der Waals surface area contributed by atoms with Crippen LogP contribution in [0.2, 0.25) is 0 Å². The summed E-state index contributed by atoms with van der Waals surface area (Å²) < 4.78 is 78.1. The molecule has 0 radical (unpaired) electrons. The number of fused-ring (bicyclic) bond motifs is 1. The van der Waals surface area contributed by atoms with Crippen LogP contribution in [0.3, 0.4) is 0 Å². The number of nitrogens with zero attached hydrogens (tertiary/aromatic N) is 6. The summed E-state index contributed by atoms with van der Waals surface area (Å²) in [5, 5.41) is 3.92. The number of aliphatic imine (C=N–C) groups is 1. The van der Waals surface area contributed by atoms with Crippen molar-refractivity contribution >= 4 is 22.7 Å². The zero-order valence-corrected chi connectivity index (χ0v) is 19.1. The topological polar surface area (TPSA) is 77.7 Å². The first-order valence-corrected chi connectivity index (χ1v) is 10.8. The Bertz CT molecular complexity index is 1020. The molecule has 0 aromatic carbocycles. The van der Waals surface area contributed by atoms with Crippen LogP contribution in [-0.2, 0) is 16.0 Å². The average molecular weight is 507 g/mol. The monoisotopic (exact) mass is 506 g/mol. The van der Waals surface area contributed by atoms with E-state index in [1.165, 1.54) is 32.3 Å². The summed E-state index contributed by atoms with van der Waals surface area (Å²) >= 11 is 0. The second-order valence-electron chi connectivity index (χ2n) is 7.71. The van der Waals surface area contributed by atoms with Gasteiger partial charge in [0.25, 0.3) is 6.43 Å². The van der Waals surface area contributed by atoms with E-state index in [0.29, 0.717) is 30.8 Å². The molecule has 1 saturated heterocycles. The second kappa shape index (κ2) is 12.2. The molecule has 8 nitrogen and oxygen atoms in total. The molecule has 35 heavy (non-hydrogen) atoms. The van der Waals surface area contributed by atoms with E-state index >= 15 is 0 Å². The van der Waals surface area contributed by atoms with Crippen molar-refractivity contribution in [3.05, 3.63) is 24.2 Å². The van der Waals surface area contributed by atoms with Crippen molar-refractivity contribution in [2.45, 2.75) is 52.9 Å². The summed E-state index contributed by atoms with van der Waals surface area (Å²) in [6, 6.07) is 0. The highest BCUT2D eigenvalue weighted by Crippen LogP contribution is 2.28. The predicted molar refractivity (Wildman–Crippen MR) is 123 cm³/mol. The number of hydrogen-bond donors (Lipinski definition) is 0. The first-order valence-electron chi connectivity index (χ1n) is 10.8. The van der Waals surface area contributed by atoms with E-state index in [1.807, 2.05) is 4.90 Å². The molecule has 13 heteroatoms. The van der Waals surface area contributed by atoms with E-state index < -0.39 is 24.9 Å². The molecular weight excluding hydrogens is 475 g/mol. The number of aromatic nitrogens is 4. The molecule has 1 aliphatic rings. The third-order valence-electron chi connectivity index (χ3n) is 5.47. The van der Waals surface area contributed by atoms with Gasteiger partial charge in [0.1, 0.15) is 23.6 Å². The van der Waals surface area contributed by atoms with E-state index in [-0.39, 0.29) is 44.0 Å². The van der Waals surface area contributed by atoms with Gasteiger partial charge in [-0.05, 0) is 26.3 Å². The lowest BCUT2D eigenvalue weighted by molar-refractivity contribution is -0.0618. The lowest BCUT2D eigenvalue weighted by Gasteiger charge is -2.38. The molecule has 3 rings (SSSR count). The molecule has 0 bridgehead atoms. The first-order chi connectivity index (χ1) is 16.2. The van der Waals surface area contributed by atoms with E-state index in [1.54, 1.807) is 7.11 Å². The quantitative estimate of drug-likeness (QED) is 0.283.